The minimum atomic E-state index is -0.316. The van der Waals surface area contributed by atoms with Crippen LogP contribution in [-0.4, -0.2) is 52.2 Å². The summed E-state index contributed by atoms with van der Waals surface area (Å²) in [4.78, 5) is 31.8. The van der Waals surface area contributed by atoms with Gasteiger partial charge in [-0.05, 0) is 31.0 Å². The summed E-state index contributed by atoms with van der Waals surface area (Å²) in [5.41, 5.74) is -0.0646. The lowest BCUT2D eigenvalue weighted by Gasteiger charge is -2.38. The highest BCUT2D eigenvalue weighted by atomic mass is 16.2. The highest BCUT2D eigenvalue weighted by Crippen LogP contribution is 2.20. The minimum absolute atomic E-state index is 0.0898. The maximum Gasteiger partial charge on any atom is 0.274 e. The number of nitrogens with zero attached hydrogens (tertiary/aromatic N) is 4. The van der Waals surface area contributed by atoms with Gasteiger partial charge in [0.1, 0.15) is 11.5 Å². The zero-order valence-corrected chi connectivity index (χ0v) is 13.0. The van der Waals surface area contributed by atoms with Crippen molar-refractivity contribution in [1.29, 1.82) is 0 Å². The fourth-order valence-electron chi connectivity index (χ4n) is 2.83. The van der Waals surface area contributed by atoms with Crippen LogP contribution >= 0.6 is 0 Å². The van der Waals surface area contributed by atoms with Crippen LogP contribution in [0.15, 0.2) is 41.3 Å². The van der Waals surface area contributed by atoms with E-state index in [4.69, 9.17) is 0 Å². The van der Waals surface area contributed by atoms with E-state index >= 15 is 0 Å². The molecular formula is C16H19N5O2. The average Bonchev–Trinajstić information content (AvgIpc) is 2.62. The Hall–Kier alpha value is -2.70. The van der Waals surface area contributed by atoms with Gasteiger partial charge < -0.3 is 9.80 Å². The maximum atomic E-state index is 12.5. The molecule has 7 nitrogen and oxygen atoms in total. The van der Waals surface area contributed by atoms with Crippen molar-refractivity contribution in [3.05, 3.63) is 52.6 Å². The van der Waals surface area contributed by atoms with Gasteiger partial charge in [0.05, 0.1) is 0 Å². The Balaban J connectivity index is 1.71. The normalized spacial score (nSPS) is 17.8. The molecule has 1 aliphatic rings. The van der Waals surface area contributed by atoms with Gasteiger partial charge in [0.25, 0.3) is 11.5 Å². The van der Waals surface area contributed by atoms with Crippen LogP contribution in [0.1, 0.15) is 23.3 Å². The van der Waals surface area contributed by atoms with Gasteiger partial charge in [0.15, 0.2) is 0 Å². The number of carbonyl (C=O) groups excluding carboxylic acids is 1. The van der Waals surface area contributed by atoms with E-state index in [1.165, 1.54) is 12.1 Å². The minimum Gasteiger partial charge on any atom is -0.355 e. The van der Waals surface area contributed by atoms with Crippen molar-refractivity contribution >= 4 is 11.7 Å². The highest BCUT2D eigenvalue weighted by Gasteiger charge is 2.27. The average molecular weight is 313 g/mol. The van der Waals surface area contributed by atoms with E-state index in [0.717, 1.165) is 31.7 Å². The first-order chi connectivity index (χ1) is 11.1. The number of anilines is 1. The van der Waals surface area contributed by atoms with Gasteiger partial charge in [0.2, 0.25) is 0 Å². The van der Waals surface area contributed by atoms with Crippen molar-refractivity contribution in [2.24, 2.45) is 0 Å². The Morgan fingerprint density at radius 2 is 2.22 bits per heavy atom. The number of carbonyl (C=O) groups is 1. The molecule has 0 spiro atoms. The third-order valence-electron chi connectivity index (χ3n) is 4.14. The van der Waals surface area contributed by atoms with E-state index in [1.807, 2.05) is 18.2 Å². The van der Waals surface area contributed by atoms with Crippen molar-refractivity contribution in [3.63, 3.8) is 0 Å². The molecular weight excluding hydrogens is 294 g/mol. The summed E-state index contributed by atoms with van der Waals surface area (Å²) in [7, 11) is 1.78. The van der Waals surface area contributed by atoms with Crippen molar-refractivity contribution < 1.29 is 4.79 Å². The van der Waals surface area contributed by atoms with E-state index < -0.39 is 0 Å². The number of pyridine rings is 1. The van der Waals surface area contributed by atoms with Crippen molar-refractivity contribution in [1.82, 2.24) is 20.1 Å². The molecule has 0 bridgehead atoms. The molecule has 7 heteroatoms. The smallest absolute Gasteiger partial charge is 0.274 e. The summed E-state index contributed by atoms with van der Waals surface area (Å²) in [6.45, 7) is 1.68. The Morgan fingerprint density at radius 1 is 1.35 bits per heavy atom. The van der Waals surface area contributed by atoms with Crippen LogP contribution in [-0.2, 0) is 0 Å². The molecule has 3 rings (SSSR count). The summed E-state index contributed by atoms with van der Waals surface area (Å²) in [5, 5.41) is 6.12. The van der Waals surface area contributed by atoms with Crippen LogP contribution in [0.2, 0.25) is 0 Å². The predicted octanol–water partition coefficient (Wildman–Crippen LogP) is 0.906. The Kier molecular flexibility index (Phi) is 4.36. The molecule has 0 aliphatic carbocycles. The molecule has 1 amide bonds. The molecule has 1 N–H and O–H groups in total. The lowest BCUT2D eigenvalue weighted by Crippen LogP contribution is -2.49. The number of likely N-dealkylation sites (N-methyl/N-ethyl adjacent to an activating group) is 1. The predicted molar refractivity (Wildman–Crippen MR) is 86.4 cm³/mol. The Labute approximate surface area is 134 Å². The van der Waals surface area contributed by atoms with Crippen LogP contribution < -0.4 is 10.5 Å². The van der Waals surface area contributed by atoms with E-state index in [-0.39, 0.29) is 23.2 Å². The molecule has 1 atom stereocenters. The number of hydrogen-bond acceptors (Lipinski definition) is 5. The van der Waals surface area contributed by atoms with Crippen molar-refractivity contribution in [2.75, 3.05) is 25.0 Å². The molecule has 0 unspecified atom stereocenters. The van der Waals surface area contributed by atoms with Gasteiger partial charge in [-0.15, -0.1) is 0 Å². The van der Waals surface area contributed by atoms with E-state index in [0.29, 0.717) is 0 Å². The van der Waals surface area contributed by atoms with Crippen LogP contribution in [0.3, 0.4) is 0 Å². The molecule has 120 valence electrons. The first-order valence-corrected chi connectivity index (χ1v) is 7.64. The lowest BCUT2D eigenvalue weighted by atomic mass is 10.0. The number of H-pyrrole nitrogens is 1. The SMILES string of the molecule is CN(C(=O)c1ccc(=O)[nH]n1)[C@H]1CCCN(c2ccccn2)C1. The van der Waals surface area contributed by atoms with E-state index in [1.54, 1.807) is 18.1 Å². The van der Waals surface area contributed by atoms with Crippen LogP contribution in [0.5, 0.6) is 0 Å². The third kappa shape index (κ3) is 3.39. The molecule has 3 heterocycles. The Morgan fingerprint density at radius 3 is 2.91 bits per heavy atom. The van der Waals surface area contributed by atoms with Gasteiger partial charge in [0, 0.05) is 38.4 Å². The summed E-state index contributed by atoms with van der Waals surface area (Å²) in [6.07, 6.45) is 3.71. The van der Waals surface area contributed by atoms with Gasteiger partial charge in [-0.1, -0.05) is 6.07 Å². The number of nitrogens with one attached hydrogen (secondary N) is 1. The molecule has 1 saturated heterocycles. The second-order valence-electron chi connectivity index (χ2n) is 5.65. The molecule has 0 aromatic carbocycles. The summed E-state index contributed by atoms with van der Waals surface area (Å²) in [5.74, 6) is 0.745. The van der Waals surface area contributed by atoms with Crippen LogP contribution in [0.4, 0.5) is 5.82 Å². The maximum absolute atomic E-state index is 12.5. The van der Waals surface area contributed by atoms with Gasteiger partial charge in [-0.3, -0.25) is 9.59 Å². The molecule has 1 aliphatic heterocycles. The number of aromatic amines is 1. The fraction of sp³-hybridized carbons (Fsp3) is 0.375. The third-order valence-corrected chi connectivity index (χ3v) is 4.14. The van der Waals surface area contributed by atoms with E-state index in [2.05, 4.69) is 20.1 Å². The second kappa shape index (κ2) is 6.60. The topological polar surface area (TPSA) is 82.2 Å². The molecule has 23 heavy (non-hydrogen) atoms. The molecule has 0 radical (unpaired) electrons. The summed E-state index contributed by atoms with van der Waals surface area (Å²) < 4.78 is 0. The van der Waals surface area contributed by atoms with Crippen LogP contribution in [0, 0.1) is 0 Å². The van der Waals surface area contributed by atoms with E-state index in [9.17, 15) is 9.59 Å². The van der Waals surface area contributed by atoms with Gasteiger partial charge >= 0.3 is 0 Å². The molecule has 1 fully saturated rings. The highest BCUT2D eigenvalue weighted by molar-refractivity contribution is 5.92. The zero-order chi connectivity index (χ0) is 16.2. The first kappa shape index (κ1) is 15.2. The quantitative estimate of drug-likeness (QED) is 0.910. The number of hydrogen-bond donors (Lipinski definition) is 1. The monoisotopic (exact) mass is 313 g/mol. The zero-order valence-electron chi connectivity index (χ0n) is 13.0. The fourth-order valence-corrected chi connectivity index (χ4v) is 2.83. The molecule has 0 saturated carbocycles. The first-order valence-electron chi connectivity index (χ1n) is 7.64. The number of amides is 1. The number of aromatic nitrogens is 3. The Bertz CT molecular complexity index is 710. The largest absolute Gasteiger partial charge is 0.355 e. The standard InChI is InChI=1S/C16H19N5O2/c1-20(16(23)13-7-8-15(22)19-18-13)12-5-4-10-21(11-12)14-6-2-3-9-17-14/h2-3,6-9,12H,4-5,10-11H2,1H3,(H,19,22)/t12-/m0/s1. The lowest BCUT2D eigenvalue weighted by molar-refractivity contribution is 0.0710. The van der Waals surface area contributed by atoms with Gasteiger partial charge in [-0.2, -0.15) is 5.10 Å². The number of piperidine rings is 1. The number of rotatable bonds is 3. The van der Waals surface area contributed by atoms with Gasteiger partial charge in [-0.25, -0.2) is 10.1 Å². The van der Waals surface area contributed by atoms with Crippen LogP contribution in [0.25, 0.3) is 0 Å². The van der Waals surface area contributed by atoms with Crippen molar-refractivity contribution in [3.8, 4) is 0 Å². The molecule has 2 aromatic rings. The molecule has 2 aromatic heterocycles. The summed E-state index contributed by atoms with van der Waals surface area (Å²) >= 11 is 0. The second-order valence-corrected chi connectivity index (χ2v) is 5.65. The summed E-state index contributed by atoms with van der Waals surface area (Å²) in [6, 6.07) is 8.69. The van der Waals surface area contributed by atoms with Crippen molar-refractivity contribution in [2.45, 2.75) is 18.9 Å².